The fourth-order valence-corrected chi connectivity index (χ4v) is 3.69. The third-order valence-corrected chi connectivity index (χ3v) is 5.35. The third kappa shape index (κ3) is 7.19. The number of ether oxygens (including phenoxy) is 2. The topological polar surface area (TPSA) is 126 Å². The van der Waals surface area contributed by atoms with Crippen LogP contribution in [-0.2, 0) is 13.6 Å². The Morgan fingerprint density at radius 3 is 2.57 bits per heavy atom. The Morgan fingerprint density at radius 2 is 1.95 bits per heavy atom. The molecule has 1 aliphatic rings. The van der Waals surface area contributed by atoms with Gasteiger partial charge in [0.25, 0.3) is 11.5 Å². The maximum atomic E-state index is 13.1. The number of fused-ring (bicyclic) bond motifs is 1. The first-order chi connectivity index (χ1) is 17.9. The van der Waals surface area contributed by atoms with Gasteiger partial charge in [-0.2, -0.15) is 5.26 Å². The first kappa shape index (κ1) is 29.1. The molecule has 37 heavy (non-hydrogen) atoms. The molecule has 1 aromatic carbocycles. The molecule has 0 fully saturated rings. The maximum absolute atomic E-state index is 13.1. The summed E-state index contributed by atoms with van der Waals surface area (Å²) in [4.78, 5) is 25.7. The van der Waals surface area contributed by atoms with Crippen molar-refractivity contribution >= 4 is 11.5 Å². The number of nitrogens with one attached hydrogen (secondary N) is 2. The Balaban J connectivity index is 0.00000235. The Morgan fingerprint density at radius 1 is 1.24 bits per heavy atom. The lowest BCUT2D eigenvalue weighted by molar-refractivity contribution is 0.0965. The number of rotatable bonds is 9. The summed E-state index contributed by atoms with van der Waals surface area (Å²) in [6.45, 7) is 11.2. The van der Waals surface area contributed by atoms with E-state index in [1.807, 2.05) is 13.8 Å². The summed E-state index contributed by atoms with van der Waals surface area (Å²) in [6, 6.07) is 9.00. The molecule has 196 valence electrons. The molecule has 0 unspecified atom stereocenters. The van der Waals surface area contributed by atoms with Crippen molar-refractivity contribution in [3.8, 4) is 17.6 Å². The number of nitrogens with zero attached hydrogens (tertiary/aromatic N) is 2. The van der Waals surface area contributed by atoms with Gasteiger partial charge in [0.05, 0.1) is 17.9 Å². The monoisotopic (exact) mass is 506 g/mol. The van der Waals surface area contributed by atoms with E-state index in [0.29, 0.717) is 54.5 Å². The number of benzene rings is 1. The van der Waals surface area contributed by atoms with Crippen LogP contribution in [0.5, 0.6) is 11.5 Å². The summed E-state index contributed by atoms with van der Waals surface area (Å²) in [5.74, 6) is 0.541. The highest BCUT2D eigenvalue weighted by atomic mass is 16.6. The van der Waals surface area contributed by atoms with Crippen LogP contribution in [0.1, 0.15) is 42.3 Å². The molecule has 1 aromatic heterocycles. The first-order valence-electron chi connectivity index (χ1n) is 12.1. The lowest BCUT2D eigenvalue weighted by Crippen LogP contribution is -2.32. The number of nitriles is 1. The Labute approximate surface area is 217 Å². The molecule has 9 heteroatoms. The van der Waals surface area contributed by atoms with Crippen LogP contribution in [0.25, 0.3) is 5.57 Å². The van der Waals surface area contributed by atoms with Gasteiger partial charge in [0, 0.05) is 26.3 Å². The zero-order valence-corrected chi connectivity index (χ0v) is 21.8. The Bertz CT molecular complexity index is 1280. The van der Waals surface area contributed by atoms with Crippen molar-refractivity contribution in [2.45, 2.75) is 27.3 Å². The Hall–Kier alpha value is -4.13. The van der Waals surface area contributed by atoms with Gasteiger partial charge in [-0.1, -0.05) is 32.6 Å². The van der Waals surface area contributed by atoms with Crippen molar-refractivity contribution in [1.82, 2.24) is 15.2 Å². The molecular formula is C28H34N4O5. The van der Waals surface area contributed by atoms with Gasteiger partial charge in [-0.3, -0.25) is 9.59 Å². The average Bonchev–Trinajstić information content (AvgIpc) is 2.93. The third-order valence-electron chi connectivity index (χ3n) is 5.35. The number of hydrogen-bond donors (Lipinski definition) is 3. The molecule has 9 nitrogen and oxygen atoms in total. The number of aliphatic hydroxyl groups excluding tert-OH is 1. The number of aryl methyl sites for hydroxylation is 1. The molecule has 1 aliphatic heterocycles. The van der Waals surface area contributed by atoms with E-state index in [1.165, 1.54) is 16.7 Å². The van der Waals surface area contributed by atoms with E-state index in [2.05, 4.69) is 23.3 Å². The molecule has 3 N–H and O–H groups in total. The van der Waals surface area contributed by atoms with E-state index in [1.54, 1.807) is 44.4 Å². The number of amides is 1. The van der Waals surface area contributed by atoms with Crippen molar-refractivity contribution < 1.29 is 19.4 Å². The molecule has 0 spiro atoms. The van der Waals surface area contributed by atoms with Crippen LogP contribution >= 0.6 is 0 Å². The van der Waals surface area contributed by atoms with E-state index in [0.717, 1.165) is 0 Å². The van der Waals surface area contributed by atoms with Gasteiger partial charge in [0.1, 0.15) is 24.8 Å². The molecule has 2 aromatic rings. The van der Waals surface area contributed by atoms with Gasteiger partial charge in [-0.25, -0.2) is 0 Å². The highest BCUT2D eigenvalue weighted by Crippen LogP contribution is 2.35. The average molecular weight is 507 g/mol. The quantitative estimate of drug-likeness (QED) is 0.271. The first-order valence-corrected chi connectivity index (χ1v) is 12.1. The van der Waals surface area contributed by atoms with Crippen LogP contribution < -0.4 is 25.7 Å². The lowest BCUT2D eigenvalue weighted by Gasteiger charge is -2.20. The van der Waals surface area contributed by atoms with Crippen molar-refractivity contribution in [2.24, 2.45) is 7.05 Å². The molecule has 0 saturated heterocycles. The largest absolute Gasteiger partial charge is 0.486 e. The number of pyridine rings is 1. The molecular weight excluding hydrogens is 472 g/mol. The number of aromatic nitrogens is 1. The highest BCUT2D eigenvalue weighted by Gasteiger charge is 2.20. The summed E-state index contributed by atoms with van der Waals surface area (Å²) in [6.07, 6.45) is 4.75. The van der Waals surface area contributed by atoms with Crippen molar-refractivity contribution in [3.63, 3.8) is 0 Å². The molecule has 0 radical (unpaired) electrons. The SMILES string of the molecule is C=C/C(NC(=O)c1cc(CNCCO)cn(C)c1=O)=C(C#N)\C(=C/C)c1ccc2c(c1)OCCO2.CC. The molecule has 0 saturated carbocycles. The molecule has 2 heterocycles. The smallest absolute Gasteiger partial charge is 0.263 e. The molecule has 0 atom stereocenters. The summed E-state index contributed by atoms with van der Waals surface area (Å²) >= 11 is 0. The van der Waals surface area contributed by atoms with Crippen molar-refractivity contribution in [3.05, 3.63) is 87.5 Å². The predicted octanol–water partition coefficient (Wildman–Crippen LogP) is 3.06. The van der Waals surface area contributed by atoms with E-state index in [9.17, 15) is 14.9 Å². The number of aliphatic hydroxyl groups is 1. The summed E-state index contributed by atoms with van der Waals surface area (Å²) in [5.41, 5.74) is 1.77. The molecule has 1 amide bonds. The fraction of sp³-hybridized carbons (Fsp3) is 0.321. The number of carbonyl (C=O) groups is 1. The number of hydrogen-bond acceptors (Lipinski definition) is 7. The maximum Gasteiger partial charge on any atom is 0.263 e. The Kier molecular flexibility index (Phi) is 11.4. The minimum absolute atomic E-state index is 0.0276. The van der Waals surface area contributed by atoms with Gasteiger partial charge >= 0.3 is 0 Å². The van der Waals surface area contributed by atoms with Gasteiger partial charge < -0.3 is 29.8 Å². The second kappa shape index (κ2) is 14.4. The van der Waals surface area contributed by atoms with Gasteiger partial charge in [0.15, 0.2) is 11.5 Å². The number of carbonyl (C=O) groups excluding carboxylic acids is 1. The molecule has 3 rings (SSSR count). The normalized spacial score (nSPS) is 12.9. The van der Waals surface area contributed by atoms with E-state index >= 15 is 0 Å². The molecule has 0 aliphatic carbocycles. The fourth-order valence-electron chi connectivity index (χ4n) is 3.69. The second-order valence-corrected chi connectivity index (χ2v) is 7.70. The van der Waals surface area contributed by atoms with E-state index < -0.39 is 11.5 Å². The predicted molar refractivity (Wildman–Crippen MR) is 143 cm³/mol. The van der Waals surface area contributed by atoms with Crippen molar-refractivity contribution in [2.75, 3.05) is 26.4 Å². The number of allylic oxidation sites excluding steroid dienone is 4. The van der Waals surface area contributed by atoms with Crippen LogP contribution in [0.3, 0.4) is 0 Å². The standard InChI is InChI=1S/C26H28N4O5.C2H6/c1-4-19(18-6-7-23-24(13-18)35-11-10-34-23)21(14-27)22(5-2)29-25(32)20-12-17(15-28-8-9-31)16-30(3)26(20)33;1-2/h4-7,12-13,16,28,31H,2,8-11,15H2,1,3H3,(H,29,32);1-2H3/b19-4-,22-21+;. The van der Waals surface area contributed by atoms with Crippen molar-refractivity contribution in [1.29, 1.82) is 5.26 Å². The minimum atomic E-state index is -0.658. The minimum Gasteiger partial charge on any atom is -0.486 e. The van der Waals surface area contributed by atoms with Crippen LogP contribution in [0.15, 0.2) is 65.3 Å². The van der Waals surface area contributed by atoms with E-state index in [4.69, 9.17) is 14.6 Å². The summed E-state index contributed by atoms with van der Waals surface area (Å²) < 4.78 is 12.5. The van der Waals surface area contributed by atoms with Gasteiger partial charge in [0.2, 0.25) is 0 Å². The van der Waals surface area contributed by atoms with Crippen LogP contribution in [0.4, 0.5) is 0 Å². The zero-order chi connectivity index (χ0) is 27.4. The molecule has 0 bridgehead atoms. The summed E-state index contributed by atoms with van der Waals surface area (Å²) in [5, 5.41) is 24.6. The van der Waals surface area contributed by atoms with Crippen LogP contribution in [0, 0.1) is 11.3 Å². The second-order valence-electron chi connectivity index (χ2n) is 7.70. The van der Waals surface area contributed by atoms with Crippen LogP contribution in [0.2, 0.25) is 0 Å². The van der Waals surface area contributed by atoms with Gasteiger partial charge in [-0.05, 0) is 47.9 Å². The van der Waals surface area contributed by atoms with E-state index in [-0.39, 0.29) is 23.4 Å². The summed E-state index contributed by atoms with van der Waals surface area (Å²) in [7, 11) is 1.55. The highest BCUT2D eigenvalue weighted by molar-refractivity contribution is 5.96. The van der Waals surface area contributed by atoms with Crippen LogP contribution in [-0.4, -0.2) is 41.9 Å². The van der Waals surface area contributed by atoms with Gasteiger partial charge in [-0.15, -0.1) is 0 Å². The zero-order valence-electron chi connectivity index (χ0n) is 21.8. The lowest BCUT2D eigenvalue weighted by atomic mass is 9.96.